The maximum Gasteiger partial charge on any atom is 0.272 e. The second-order valence-corrected chi connectivity index (χ2v) is 5.20. The SMILES string of the molecule is CCC1CCCC(Nc2ccc([N+](=O)[O-])cc2F)C1. The summed E-state index contributed by atoms with van der Waals surface area (Å²) < 4.78 is 13.8. The van der Waals surface area contributed by atoms with Crippen LogP contribution in [-0.4, -0.2) is 11.0 Å². The van der Waals surface area contributed by atoms with Crippen molar-refractivity contribution in [2.75, 3.05) is 5.32 Å². The summed E-state index contributed by atoms with van der Waals surface area (Å²) in [6.07, 6.45) is 5.64. The van der Waals surface area contributed by atoms with Crippen LogP contribution in [0.15, 0.2) is 18.2 Å². The first-order chi connectivity index (χ1) is 9.10. The quantitative estimate of drug-likeness (QED) is 0.659. The van der Waals surface area contributed by atoms with E-state index in [-0.39, 0.29) is 11.7 Å². The number of rotatable bonds is 4. The van der Waals surface area contributed by atoms with Crippen molar-refractivity contribution in [2.45, 2.75) is 45.1 Å². The molecule has 5 heteroatoms. The summed E-state index contributed by atoms with van der Waals surface area (Å²) in [7, 11) is 0. The number of nitro groups is 1. The van der Waals surface area contributed by atoms with Crippen molar-refractivity contribution in [3.05, 3.63) is 34.1 Å². The smallest absolute Gasteiger partial charge is 0.272 e. The number of halogens is 1. The Hall–Kier alpha value is -1.65. The Kier molecular flexibility index (Phi) is 4.35. The van der Waals surface area contributed by atoms with E-state index in [1.807, 2.05) is 0 Å². The van der Waals surface area contributed by atoms with Gasteiger partial charge in [-0.05, 0) is 24.8 Å². The van der Waals surface area contributed by atoms with Crippen LogP contribution in [0.4, 0.5) is 15.8 Å². The Bertz CT molecular complexity index is 465. The topological polar surface area (TPSA) is 55.2 Å². The van der Waals surface area contributed by atoms with Gasteiger partial charge in [-0.15, -0.1) is 0 Å². The molecule has 19 heavy (non-hydrogen) atoms. The van der Waals surface area contributed by atoms with E-state index < -0.39 is 10.7 Å². The predicted octanol–water partition coefficient (Wildman–Crippen LogP) is 4.11. The van der Waals surface area contributed by atoms with Crippen LogP contribution in [0.25, 0.3) is 0 Å². The van der Waals surface area contributed by atoms with E-state index in [4.69, 9.17) is 0 Å². The van der Waals surface area contributed by atoms with Gasteiger partial charge in [0.1, 0.15) is 0 Å². The van der Waals surface area contributed by atoms with Gasteiger partial charge in [0, 0.05) is 12.1 Å². The Balaban J connectivity index is 2.04. The number of nitrogens with zero attached hydrogens (tertiary/aromatic N) is 1. The third-order valence-corrected chi connectivity index (χ3v) is 3.88. The zero-order valence-corrected chi connectivity index (χ0v) is 11.1. The predicted molar refractivity (Wildman–Crippen MR) is 72.7 cm³/mol. The zero-order valence-electron chi connectivity index (χ0n) is 11.1. The zero-order chi connectivity index (χ0) is 13.8. The molecule has 0 amide bonds. The molecular formula is C14H19FN2O2. The third-order valence-electron chi connectivity index (χ3n) is 3.88. The lowest BCUT2D eigenvalue weighted by Crippen LogP contribution is -2.27. The summed E-state index contributed by atoms with van der Waals surface area (Å²) in [6.45, 7) is 2.18. The van der Waals surface area contributed by atoms with Gasteiger partial charge in [-0.3, -0.25) is 10.1 Å². The molecule has 1 N–H and O–H groups in total. The molecule has 104 valence electrons. The van der Waals surface area contributed by atoms with E-state index in [2.05, 4.69) is 12.2 Å². The molecule has 0 aliphatic heterocycles. The van der Waals surface area contributed by atoms with Crippen LogP contribution < -0.4 is 5.32 Å². The fourth-order valence-corrected chi connectivity index (χ4v) is 2.75. The van der Waals surface area contributed by atoms with E-state index in [9.17, 15) is 14.5 Å². The van der Waals surface area contributed by atoms with Gasteiger partial charge in [-0.2, -0.15) is 0 Å². The van der Waals surface area contributed by atoms with Crippen LogP contribution >= 0.6 is 0 Å². The van der Waals surface area contributed by atoms with Crippen LogP contribution in [0.5, 0.6) is 0 Å². The summed E-state index contributed by atoms with van der Waals surface area (Å²) in [5.41, 5.74) is 0.158. The molecule has 2 unspecified atom stereocenters. The molecule has 1 aromatic carbocycles. The molecule has 2 atom stereocenters. The fourth-order valence-electron chi connectivity index (χ4n) is 2.75. The van der Waals surface area contributed by atoms with Crippen molar-refractivity contribution in [3.8, 4) is 0 Å². The Morgan fingerprint density at radius 2 is 2.26 bits per heavy atom. The summed E-state index contributed by atoms with van der Waals surface area (Å²) in [6, 6.07) is 4.05. The molecule has 1 aromatic rings. The van der Waals surface area contributed by atoms with E-state index in [1.165, 1.54) is 18.6 Å². The maximum atomic E-state index is 13.8. The molecule has 2 rings (SSSR count). The van der Waals surface area contributed by atoms with Gasteiger partial charge in [0.05, 0.1) is 16.7 Å². The fraction of sp³-hybridized carbons (Fsp3) is 0.571. The highest BCUT2D eigenvalue weighted by atomic mass is 19.1. The summed E-state index contributed by atoms with van der Waals surface area (Å²) in [5.74, 6) is 0.153. The highest BCUT2D eigenvalue weighted by Crippen LogP contribution is 2.30. The first-order valence-corrected chi connectivity index (χ1v) is 6.80. The minimum absolute atomic E-state index is 0.210. The number of hydrogen-bond acceptors (Lipinski definition) is 3. The minimum Gasteiger partial charge on any atom is -0.380 e. The van der Waals surface area contributed by atoms with Gasteiger partial charge in [0.15, 0.2) is 5.82 Å². The Morgan fingerprint density at radius 1 is 1.47 bits per heavy atom. The van der Waals surface area contributed by atoms with Gasteiger partial charge in [-0.25, -0.2) is 4.39 Å². The molecule has 1 aliphatic carbocycles. The first kappa shape index (κ1) is 13.8. The van der Waals surface area contributed by atoms with Crippen LogP contribution in [0.2, 0.25) is 0 Å². The maximum absolute atomic E-state index is 13.8. The standard InChI is InChI=1S/C14H19FN2O2/c1-2-10-4-3-5-11(8-10)16-14-7-6-12(17(18)19)9-13(14)15/h6-7,9-11,16H,2-5,8H2,1H3. The van der Waals surface area contributed by atoms with Crippen molar-refractivity contribution in [1.82, 2.24) is 0 Å². The lowest BCUT2D eigenvalue weighted by molar-refractivity contribution is -0.385. The molecule has 0 aromatic heterocycles. The van der Waals surface area contributed by atoms with E-state index in [0.29, 0.717) is 11.6 Å². The molecule has 0 spiro atoms. The number of non-ortho nitro benzene ring substituents is 1. The number of hydrogen-bond donors (Lipinski definition) is 1. The second-order valence-electron chi connectivity index (χ2n) is 5.20. The lowest BCUT2D eigenvalue weighted by Gasteiger charge is -2.29. The monoisotopic (exact) mass is 266 g/mol. The van der Waals surface area contributed by atoms with E-state index in [0.717, 1.165) is 31.7 Å². The summed E-state index contributed by atoms with van der Waals surface area (Å²) in [4.78, 5) is 9.97. The number of nitrogens with one attached hydrogen (secondary N) is 1. The molecule has 1 fully saturated rings. The van der Waals surface area contributed by atoms with Crippen molar-refractivity contribution >= 4 is 11.4 Å². The average molecular weight is 266 g/mol. The summed E-state index contributed by atoms with van der Waals surface area (Å²) >= 11 is 0. The van der Waals surface area contributed by atoms with Crippen LogP contribution in [-0.2, 0) is 0 Å². The molecule has 0 saturated heterocycles. The molecule has 4 nitrogen and oxygen atoms in total. The Morgan fingerprint density at radius 3 is 2.89 bits per heavy atom. The normalized spacial score (nSPS) is 23.1. The Labute approximate surface area is 112 Å². The van der Waals surface area contributed by atoms with Crippen molar-refractivity contribution in [3.63, 3.8) is 0 Å². The molecule has 1 aliphatic rings. The number of anilines is 1. The highest BCUT2D eigenvalue weighted by molar-refractivity contribution is 5.50. The van der Waals surface area contributed by atoms with Gasteiger partial charge < -0.3 is 5.32 Å². The molecule has 0 radical (unpaired) electrons. The number of nitro benzene ring substituents is 1. The van der Waals surface area contributed by atoms with Crippen LogP contribution in [0.1, 0.15) is 39.0 Å². The minimum atomic E-state index is -0.583. The summed E-state index contributed by atoms with van der Waals surface area (Å²) in [5, 5.41) is 13.7. The first-order valence-electron chi connectivity index (χ1n) is 6.80. The molecular weight excluding hydrogens is 247 g/mol. The van der Waals surface area contributed by atoms with Crippen molar-refractivity contribution < 1.29 is 9.31 Å². The van der Waals surface area contributed by atoms with Crippen molar-refractivity contribution in [1.29, 1.82) is 0 Å². The van der Waals surface area contributed by atoms with E-state index in [1.54, 1.807) is 0 Å². The molecule has 0 heterocycles. The van der Waals surface area contributed by atoms with Gasteiger partial charge >= 0.3 is 0 Å². The van der Waals surface area contributed by atoms with Crippen molar-refractivity contribution in [2.24, 2.45) is 5.92 Å². The van der Waals surface area contributed by atoms with Gasteiger partial charge in [-0.1, -0.05) is 26.2 Å². The van der Waals surface area contributed by atoms with E-state index >= 15 is 0 Å². The lowest BCUT2D eigenvalue weighted by atomic mass is 9.84. The largest absolute Gasteiger partial charge is 0.380 e. The highest BCUT2D eigenvalue weighted by Gasteiger charge is 2.21. The molecule has 0 bridgehead atoms. The van der Waals surface area contributed by atoms with Gasteiger partial charge in [0.25, 0.3) is 5.69 Å². The van der Waals surface area contributed by atoms with Gasteiger partial charge in [0.2, 0.25) is 0 Å². The van der Waals surface area contributed by atoms with Crippen LogP contribution in [0.3, 0.4) is 0 Å². The van der Waals surface area contributed by atoms with Crippen LogP contribution in [0, 0.1) is 21.8 Å². The second kappa shape index (κ2) is 5.99. The molecule has 1 saturated carbocycles. The third kappa shape index (κ3) is 3.43. The number of benzene rings is 1. The average Bonchev–Trinajstić information content (AvgIpc) is 2.41.